The number of rotatable bonds is 2. The van der Waals surface area contributed by atoms with E-state index in [2.05, 4.69) is 5.29 Å². The van der Waals surface area contributed by atoms with Crippen LogP contribution in [0, 0.1) is 10.8 Å². The first-order valence-electron chi connectivity index (χ1n) is 4.27. The second kappa shape index (κ2) is 4.03. The van der Waals surface area contributed by atoms with Crippen molar-refractivity contribution < 1.29 is 23.1 Å². The molecular formula is C7H9F3N2O3. The molecule has 0 aromatic rings. The number of nitrogens with zero attached hydrogens (tertiary/aromatic N) is 2. The van der Waals surface area contributed by atoms with Gasteiger partial charge in [-0.05, 0) is 12.8 Å². The minimum Gasteiger partial charge on any atom is -0.481 e. The zero-order valence-electron chi connectivity index (χ0n) is 7.57. The van der Waals surface area contributed by atoms with Crippen LogP contribution in [0.15, 0.2) is 5.29 Å². The Hall–Kier alpha value is -1.34. The maximum Gasteiger partial charge on any atom is 0.411 e. The van der Waals surface area contributed by atoms with E-state index in [1.165, 1.54) is 0 Å². The van der Waals surface area contributed by atoms with Gasteiger partial charge in [0.25, 0.3) is 0 Å². The van der Waals surface area contributed by atoms with Crippen molar-refractivity contribution in [2.24, 2.45) is 11.2 Å². The number of hydrogen-bond donors (Lipinski definition) is 1. The van der Waals surface area contributed by atoms with E-state index in [-0.39, 0.29) is 24.4 Å². The number of piperidine rings is 1. The lowest BCUT2D eigenvalue weighted by atomic mass is 9.90. The summed E-state index contributed by atoms with van der Waals surface area (Å²) >= 11 is 0. The van der Waals surface area contributed by atoms with E-state index in [0.29, 0.717) is 0 Å². The van der Waals surface area contributed by atoms with Crippen LogP contribution in [-0.4, -0.2) is 34.8 Å². The summed E-state index contributed by atoms with van der Waals surface area (Å²) in [4.78, 5) is 20.8. The number of carboxylic acids is 1. The molecule has 0 bridgehead atoms. The van der Waals surface area contributed by atoms with E-state index in [4.69, 9.17) is 5.11 Å². The minimum absolute atomic E-state index is 0.0917. The topological polar surface area (TPSA) is 70.0 Å². The quantitative estimate of drug-likeness (QED) is 0.722. The van der Waals surface area contributed by atoms with Crippen LogP contribution in [0.2, 0.25) is 0 Å². The maximum absolute atomic E-state index is 12.5. The molecule has 5 nitrogen and oxygen atoms in total. The van der Waals surface area contributed by atoms with Gasteiger partial charge in [-0.1, -0.05) is 0 Å². The Morgan fingerprint density at radius 3 is 2.47 bits per heavy atom. The third-order valence-electron chi connectivity index (χ3n) is 2.36. The number of halogens is 3. The van der Waals surface area contributed by atoms with Gasteiger partial charge in [-0.15, -0.1) is 4.91 Å². The summed E-state index contributed by atoms with van der Waals surface area (Å²) in [6.07, 6.45) is -4.63. The Labute approximate surface area is 82.8 Å². The first-order valence-corrected chi connectivity index (χ1v) is 4.27. The summed E-state index contributed by atoms with van der Waals surface area (Å²) < 4.78 is 37.5. The minimum atomic E-state index is -4.75. The molecule has 1 aliphatic heterocycles. The highest BCUT2D eigenvalue weighted by Crippen LogP contribution is 2.36. The summed E-state index contributed by atoms with van der Waals surface area (Å²) in [5.74, 6) is -3.16. The predicted octanol–water partition coefficient (Wildman–Crippen LogP) is 1.40. The average Bonchev–Trinajstić information content (AvgIpc) is 2.15. The molecule has 0 aliphatic carbocycles. The van der Waals surface area contributed by atoms with Crippen molar-refractivity contribution in [3.05, 3.63) is 4.91 Å². The van der Waals surface area contributed by atoms with Gasteiger partial charge in [-0.3, -0.25) is 4.79 Å². The number of aliphatic carboxylic acids is 1. The molecule has 1 rings (SSSR count). The predicted molar refractivity (Wildman–Crippen MR) is 42.7 cm³/mol. The van der Waals surface area contributed by atoms with Crippen LogP contribution >= 0.6 is 0 Å². The van der Waals surface area contributed by atoms with E-state index in [9.17, 15) is 22.9 Å². The normalized spacial score (nSPS) is 27.5. The highest BCUT2D eigenvalue weighted by atomic mass is 19.4. The van der Waals surface area contributed by atoms with Gasteiger partial charge in [0.2, 0.25) is 0 Å². The molecule has 86 valence electrons. The van der Waals surface area contributed by atoms with Gasteiger partial charge in [0.1, 0.15) is 0 Å². The molecule has 0 aromatic carbocycles. The zero-order chi connectivity index (χ0) is 11.6. The van der Waals surface area contributed by atoms with Gasteiger partial charge in [0.05, 0.1) is 11.2 Å². The lowest BCUT2D eigenvalue weighted by molar-refractivity contribution is -0.211. The van der Waals surface area contributed by atoms with Crippen LogP contribution in [0.1, 0.15) is 12.8 Å². The monoisotopic (exact) mass is 226 g/mol. The SMILES string of the molecule is O=NN1CCCC(C(=O)O)C1C(F)(F)F. The van der Waals surface area contributed by atoms with Gasteiger partial charge < -0.3 is 5.11 Å². The van der Waals surface area contributed by atoms with Gasteiger partial charge in [-0.2, -0.15) is 13.2 Å². The van der Waals surface area contributed by atoms with Crippen LogP contribution in [0.4, 0.5) is 13.2 Å². The second-order valence-corrected chi connectivity index (χ2v) is 3.32. The van der Waals surface area contributed by atoms with Crippen LogP contribution in [0.25, 0.3) is 0 Å². The molecular weight excluding hydrogens is 217 g/mol. The summed E-state index contributed by atoms with van der Waals surface area (Å²) in [5, 5.41) is 11.1. The zero-order valence-corrected chi connectivity index (χ0v) is 7.57. The van der Waals surface area contributed by atoms with Crippen molar-refractivity contribution in [3.8, 4) is 0 Å². The van der Waals surface area contributed by atoms with Crippen LogP contribution in [-0.2, 0) is 4.79 Å². The first-order chi connectivity index (χ1) is 6.88. The average molecular weight is 226 g/mol. The Morgan fingerprint density at radius 2 is 2.07 bits per heavy atom. The molecule has 0 spiro atoms. The Morgan fingerprint density at radius 1 is 1.47 bits per heavy atom. The standard InChI is InChI=1S/C7H9F3N2O3/c8-7(9,10)5-4(6(13)14)2-1-3-12(5)11-15/h4-5H,1-3H2,(H,13,14). The van der Waals surface area contributed by atoms with Crippen molar-refractivity contribution in [2.75, 3.05) is 6.54 Å². The molecule has 1 fully saturated rings. The van der Waals surface area contributed by atoms with Crippen molar-refractivity contribution >= 4 is 5.97 Å². The number of hydrogen-bond acceptors (Lipinski definition) is 3. The molecule has 2 atom stereocenters. The third-order valence-corrected chi connectivity index (χ3v) is 2.36. The van der Waals surface area contributed by atoms with Gasteiger partial charge in [-0.25, -0.2) is 5.01 Å². The van der Waals surface area contributed by atoms with Crippen molar-refractivity contribution in [1.29, 1.82) is 0 Å². The highest BCUT2D eigenvalue weighted by Gasteiger charge is 2.53. The van der Waals surface area contributed by atoms with Crippen LogP contribution < -0.4 is 0 Å². The molecule has 0 saturated carbocycles. The molecule has 1 aliphatic rings. The summed E-state index contributed by atoms with van der Waals surface area (Å²) in [7, 11) is 0. The van der Waals surface area contributed by atoms with E-state index in [0.717, 1.165) is 0 Å². The number of carboxylic acid groups (broad SMARTS) is 1. The van der Waals surface area contributed by atoms with Crippen molar-refractivity contribution in [2.45, 2.75) is 25.1 Å². The molecule has 0 amide bonds. The molecule has 2 unspecified atom stereocenters. The van der Waals surface area contributed by atoms with Gasteiger partial charge >= 0.3 is 12.1 Å². The number of nitroso groups, excluding NO2 is 1. The smallest absolute Gasteiger partial charge is 0.411 e. The lowest BCUT2D eigenvalue weighted by Crippen LogP contribution is -2.53. The van der Waals surface area contributed by atoms with Gasteiger partial charge in [0, 0.05) is 6.54 Å². The third kappa shape index (κ3) is 2.37. The molecule has 8 heteroatoms. The Kier molecular flexibility index (Phi) is 3.15. The largest absolute Gasteiger partial charge is 0.481 e. The highest BCUT2D eigenvalue weighted by molar-refractivity contribution is 5.71. The maximum atomic E-state index is 12.5. The molecule has 1 saturated heterocycles. The summed E-state index contributed by atoms with van der Waals surface area (Å²) in [6.45, 7) is -0.155. The fourth-order valence-corrected chi connectivity index (χ4v) is 1.73. The van der Waals surface area contributed by atoms with Crippen molar-refractivity contribution in [1.82, 2.24) is 5.01 Å². The van der Waals surface area contributed by atoms with Crippen molar-refractivity contribution in [3.63, 3.8) is 0 Å². The van der Waals surface area contributed by atoms with E-state index in [1.807, 2.05) is 0 Å². The summed E-state index contributed by atoms with van der Waals surface area (Å²) in [6, 6.07) is -2.30. The molecule has 1 heterocycles. The lowest BCUT2D eigenvalue weighted by Gasteiger charge is -2.36. The molecule has 0 radical (unpaired) electrons. The van der Waals surface area contributed by atoms with E-state index in [1.54, 1.807) is 0 Å². The Bertz CT molecular complexity index is 269. The first kappa shape index (κ1) is 11.7. The fraction of sp³-hybridized carbons (Fsp3) is 0.857. The number of carbonyl (C=O) groups is 1. The second-order valence-electron chi connectivity index (χ2n) is 3.32. The molecule has 15 heavy (non-hydrogen) atoms. The van der Waals surface area contributed by atoms with Gasteiger partial charge in [0.15, 0.2) is 6.04 Å². The summed E-state index contributed by atoms with van der Waals surface area (Å²) in [5.41, 5.74) is 0. The van der Waals surface area contributed by atoms with Crippen LogP contribution in [0.3, 0.4) is 0 Å². The van der Waals surface area contributed by atoms with E-state index < -0.39 is 24.1 Å². The molecule has 0 aromatic heterocycles. The number of alkyl halides is 3. The van der Waals surface area contributed by atoms with E-state index >= 15 is 0 Å². The van der Waals surface area contributed by atoms with Crippen LogP contribution in [0.5, 0.6) is 0 Å². The molecule has 1 N–H and O–H groups in total. The Balaban J connectivity index is 2.96. The fourth-order valence-electron chi connectivity index (χ4n) is 1.73.